The zero-order valence-corrected chi connectivity index (χ0v) is 11.5. The topological polar surface area (TPSA) is 73.2 Å². The molecular weight excluding hydrogens is 266 g/mol. The molecule has 6 nitrogen and oxygen atoms in total. The Morgan fingerprint density at radius 1 is 1.32 bits per heavy atom. The van der Waals surface area contributed by atoms with Crippen LogP contribution in [-0.2, 0) is 17.1 Å². The third-order valence-electron chi connectivity index (χ3n) is 2.37. The maximum Gasteiger partial charge on any atom is 0.280 e. The van der Waals surface area contributed by atoms with Gasteiger partial charge in [0.1, 0.15) is 5.75 Å². The summed E-state index contributed by atoms with van der Waals surface area (Å²) in [6.45, 7) is 2.46. The number of hydrogen-bond acceptors (Lipinski definition) is 4. The van der Waals surface area contributed by atoms with Crippen LogP contribution >= 0.6 is 0 Å². The Hall–Kier alpha value is -2.02. The van der Waals surface area contributed by atoms with E-state index in [9.17, 15) is 8.42 Å². The fourth-order valence-electron chi connectivity index (χ4n) is 1.52. The summed E-state index contributed by atoms with van der Waals surface area (Å²) in [5, 5.41) is -0.0103. The average Bonchev–Trinajstić information content (AvgIpc) is 2.79. The van der Waals surface area contributed by atoms with Crippen molar-refractivity contribution in [3.8, 4) is 5.75 Å². The highest BCUT2D eigenvalue weighted by atomic mass is 32.2. The predicted molar refractivity (Wildman–Crippen MR) is 71.6 cm³/mol. The lowest BCUT2D eigenvalue weighted by atomic mass is 10.3. The molecule has 0 radical (unpaired) electrons. The van der Waals surface area contributed by atoms with Gasteiger partial charge < -0.3 is 9.30 Å². The molecule has 0 aliphatic rings. The fourth-order valence-corrected chi connectivity index (χ4v) is 2.56. The van der Waals surface area contributed by atoms with E-state index in [1.54, 1.807) is 35.9 Å². The van der Waals surface area contributed by atoms with Crippen molar-refractivity contribution in [3.05, 3.63) is 36.8 Å². The standard InChI is InChI=1S/C12H15N3O3S/c1-3-18-11-6-4-10(5-7-11)14-19(16,17)12-8-15(2)9-13-12/h4-9,14H,3H2,1-2H3. The highest BCUT2D eigenvalue weighted by Gasteiger charge is 2.16. The number of sulfonamides is 1. The Kier molecular flexibility index (Phi) is 3.75. The molecule has 0 fully saturated rings. The lowest BCUT2D eigenvalue weighted by Gasteiger charge is -2.07. The van der Waals surface area contributed by atoms with Crippen LogP contribution in [0.4, 0.5) is 5.69 Å². The van der Waals surface area contributed by atoms with Crippen molar-refractivity contribution in [2.75, 3.05) is 11.3 Å². The first-order valence-electron chi connectivity index (χ1n) is 5.75. The van der Waals surface area contributed by atoms with Crippen LogP contribution in [0.3, 0.4) is 0 Å². The van der Waals surface area contributed by atoms with Crippen LogP contribution in [0.25, 0.3) is 0 Å². The zero-order chi connectivity index (χ0) is 13.9. The molecule has 0 aliphatic carbocycles. The van der Waals surface area contributed by atoms with Gasteiger partial charge in [0.25, 0.3) is 10.0 Å². The molecule has 0 unspecified atom stereocenters. The van der Waals surface area contributed by atoms with Gasteiger partial charge in [0, 0.05) is 18.9 Å². The summed E-state index contributed by atoms with van der Waals surface area (Å²) >= 11 is 0. The fraction of sp³-hybridized carbons (Fsp3) is 0.250. The summed E-state index contributed by atoms with van der Waals surface area (Å²) in [4.78, 5) is 3.82. The van der Waals surface area contributed by atoms with Crippen molar-refractivity contribution in [1.29, 1.82) is 0 Å². The normalized spacial score (nSPS) is 11.3. The van der Waals surface area contributed by atoms with E-state index in [2.05, 4.69) is 9.71 Å². The van der Waals surface area contributed by atoms with Crippen LogP contribution in [0.1, 0.15) is 6.92 Å². The number of imidazole rings is 1. The summed E-state index contributed by atoms with van der Waals surface area (Å²) in [5.74, 6) is 0.697. The number of hydrogen-bond donors (Lipinski definition) is 1. The lowest BCUT2D eigenvalue weighted by molar-refractivity contribution is 0.340. The van der Waals surface area contributed by atoms with Gasteiger partial charge in [-0.1, -0.05) is 0 Å². The van der Waals surface area contributed by atoms with Gasteiger partial charge in [0.15, 0.2) is 5.03 Å². The third kappa shape index (κ3) is 3.25. The molecule has 0 bridgehead atoms. The number of benzene rings is 1. The first-order valence-corrected chi connectivity index (χ1v) is 7.23. The molecule has 7 heteroatoms. The Bertz CT molecular complexity index is 647. The number of ether oxygens (including phenoxy) is 1. The number of anilines is 1. The van der Waals surface area contributed by atoms with Crippen molar-refractivity contribution in [3.63, 3.8) is 0 Å². The van der Waals surface area contributed by atoms with E-state index < -0.39 is 10.0 Å². The molecule has 1 heterocycles. The highest BCUT2D eigenvalue weighted by Crippen LogP contribution is 2.18. The number of rotatable bonds is 5. The van der Waals surface area contributed by atoms with Gasteiger partial charge in [-0.05, 0) is 31.2 Å². The summed E-state index contributed by atoms with van der Waals surface area (Å²) in [6, 6.07) is 6.70. The Morgan fingerprint density at radius 3 is 2.53 bits per heavy atom. The zero-order valence-electron chi connectivity index (χ0n) is 10.7. The minimum Gasteiger partial charge on any atom is -0.494 e. The molecule has 1 N–H and O–H groups in total. The first kappa shape index (κ1) is 13.4. The Balaban J connectivity index is 2.16. The van der Waals surface area contributed by atoms with Gasteiger partial charge in [-0.25, -0.2) is 4.98 Å². The van der Waals surface area contributed by atoms with Crippen LogP contribution in [-0.4, -0.2) is 24.6 Å². The minimum atomic E-state index is -3.64. The first-order chi connectivity index (χ1) is 9.01. The van der Waals surface area contributed by atoms with Crippen LogP contribution in [0, 0.1) is 0 Å². The van der Waals surface area contributed by atoms with Crippen molar-refractivity contribution in [2.45, 2.75) is 11.9 Å². The molecular formula is C12H15N3O3S. The number of nitrogens with zero attached hydrogens (tertiary/aromatic N) is 2. The second-order valence-corrected chi connectivity index (χ2v) is 5.57. The molecule has 0 atom stereocenters. The minimum absolute atomic E-state index is 0.0103. The monoisotopic (exact) mass is 281 g/mol. The van der Waals surface area contributed by atoms with E-state index in [-0.39, 0.29) is 5.03 Å². The summed E-state index contributed by atoms with van der Waals surface area (Å²) in [6.07, 6.45) is 2.88. The Morgan fingerprint density at radius 2 is 2.00 bits per heavy atom. The second-order valence-electron chi connectivity index (χ2n) is 3.94. The molecule has 102 valence electrons. The van der Waals surface area contributed by atoms with Gasteiger partial charge in [-0.3, -0.25) is 4.72 Å². The molecule has 0 saturated heterocycles. The van der Waals surface area contributed by atoms with Gasteiger partial charge >= 0.3 is 0 Å². The third-order valence-corrected chi connectivity index (χ3v) is 3.64. The summed E-state index contributed by atoms with van der Waals surface area (Å²) < 4.78 is 33.3. The molecule has 2 rings (SSSR count). The van der Waals surface area contributed by atoms with E-state index in [0.29, 0.717) is 18.0 Å². The van der Waals surface area contributed by atoms with Gasteiger partial charge in [0.2, 0.25) is 0 Å². The number of aryl methyl sites for hydroxylation is 1. The number of nitrogens with one attached hydrogen (secondary N) is 1. The van der Waals surface area contributed by atoms with Crippen LogP contribution in [0.5, 0.6) is 5.75 Å². The van der Waals surface area contributed by atoms with Gasteiger partial charge in [-0.2, -0.15) is 8.42 Å². The van der Waals surface area contributed by atoms with Crippen LogP contribution in [0.15, 0.2) is 41.8 Å². The van der Waals surface area contributed by atoms with Crippen molar-refractivity contribution >= 4 is 15.7 Å². The molecule has 0 amide bonds. The van der Waals surface area contributed by atoms with Crippen molar-refractivity contribution < 1.29 is 13.2 Å². The highest BCUT2D eigenvalue weighted by molar-refractivity contribution is 7.92. The molecule has 19 heavy (non-hydrogen) atoms. The predicted octanol–water partition coefficient (Wildman–Crippen LogP) is 1.62. The maximum atomic E-state index is 12.0. The van der Waals surface area contributed by atoms with Gasteiger partial charge in [-0.15, -0.1) is 0 Å². The van der Waals surface area contributed by atoms with Crippen LogP contribution in [0.2, 0.25) is 0 Å². The quantitative estimate of drug-likeness (QED) is 0.903. The number of aromatic nitrogens is 2. The molecule has 1 aromatic heterocycles. The lowest BCUT2D eigenvalue weighted by Crippen LogP contribution is -2.13. The largest absolute Gasteiger partial charge is 0.494 e. The van der Waals surface area contributed by atoms with Crippen molar-refractivity contribution in [2.24, 2.45) is 7.05 Å². The second kappa shape index (κ2) is 5.31. The average molecular weight is 281 g/mol. The van der Waals surface area contributed by atoms with Crippen LogP contribution < -0.4 is 9.46 Å². The molecule has 0 spiro atoms. The van der Waals surface area contributed by atoms with E-state index in [1.807, 2.05) is 6.92 Å². The van der Waals surface area contributed by atoms with E-state index in [0.717, 1.165) is 0 Å². The summed E-state index contributed by atoms with van der Waals surface area (Å²) in [5.41, 5.74) is 0.467. The molecule has 0 saturated carbocycles. The van der Waals surface area contributed by atoms with E-state index >= 15 is 0 Å². The van der Waals surface area contributed by atoms with E-state index in [1.165, 1.54) is 12.5 Å². The smallest absolute Gasteiger partial charge is 0.280 e. The summed E-state index contributed by atoms with van der Waals surface area (Å²) in [7, 11) is -1.93. The molecule has 2 aromatic rings. The van der Waals surface area contributed by atoms with Crippen molar-refractivity contribution in [1.82, 2.24) is 9.55 Å². The maximum absolute atomic E-state index is 12.0. The Labute approximate surface area is 112 Å². The molecule has 0 aliphatic heterocycles. The SMILES string of the molecule is CCOc1ccc(NS(=O)(=O)c2cn(C)cn2)cc1. The molecule has 1 aromatic carbocycles. The van der Waals surface area contributed by atoms with Gasteiger partial charge in [0.05, 0.1) is 12.9 Å². The van der Waals surface area contributed by atoms with E-state index in [4.69, 9.17) is 4.74 Å².